The average Bonchev–Trinajstić information content (AvgIpc) is 3.44. The Morgan fingerprint density at radius 3 is 2.65 bits per heavy atom. The molecule has 0 spiro atoms. The van der Waals surface area contributed by atoms with Crippen LogP contribution >= 0.6 is 0 Å². The molecule has 1 aromatic heterocycles. The van der Waals surface area contributed by atoms with Crippen LogP contribution in [0.1, 0.15) is 50.3 Å². The second-order valence-corrected chi connectivity index (χ2v) is 7.33. The Morgan fingerprint density at radius 1 is 1.30 bits per heavy atom. The Hall–Kier alpha value is -1.56. The number of nitrogens with zero attached hydrogens (tertiary/aromatic N) is 2. The van der Waals surface area contributed by atoms with Crippen molar-refractivity contribution in [3.05, 3.63) is 18.2 Å². The van der Waals surface area contributed by atoms with Crippen LogP contribution in [0, 0.1) is 11.8 Å². The molecule has 1 aliphatic heterocycles. The molecule has 2 N–H and O–H groups in total. The molecule has 6 nitrogen and oxygen atoms in total. The van der Waals surface area contributed by atoms with Crippen molar-refractivity contribution in [1.82, 2.24) is 20.2 Å². The zero-order chi connectivity index (χ0) is 15.8. The fourth-order valence-corrected chi connectivity index (χ4v) is 3.72. The van der Waals surface area contributed by atoms with Crippen molar-refractivity contribution in [2.75, 3.05) is 6.61 Å². The highest BCUT2D eigenvalue weighted by Crippen LogP contribution is 2.44. The lowest BCUT2D eigenvalue weighted by atomic mass is 10.0. The lowest BCUT2D eigenvalue weighted by molar-refractivity contribution is -0.00185. The molecule has 2 heterocycles. The van der Waals surface area contributed by atoms with Crippen molar-refractivity contribution in [3.63, 3.8) is 0 Å². The number of rotatable bonds is 5. The number of carbonyl (C=O) groups excluding carboxylic acids is 1. The first-order valence-corrected chi connectivity index (χ1v) is 8.85. The van der Waals surface area contributed by atoms with Crippen LogP contribution in [0.3, 0.4) is 0 Å². The van der Waals surface area contributed by atoms with Gasteiger partial charge >= 0.3 is 6.03 Å². The molecule has 6 heteroatoms. The van der Waals surface area contributed by atoms with Gasteiger partial charge in [-0.3, -0.25) is 0 Å². The maximum atomic E-state index is 12.4. The maximum absolute atomic E-state index is 12.4. The largest absolute Gasteiger partial charge is 0.372 e. The number of hydrogen-bond donors (Lipinski definition) is 2. The number of amides is 2. The Kier molecular flexibility index (Phi) is 4.01. The summed E-state index contributed by atoms with van der Waals surface area (Å²) in [6.45, 7) is 0.676. The lowest BCUT2D eigenvalue weighted by Crippen LogP contribution is -2.49. The van der Waals surface area contributed by atoms with Gasteiger partial charge in [-0.1, -0.05) is 0 Å². The molecular formula is C17H26N4O2. The minimum Gasteiger partial charge on any atom is -0.372 e. The summed E-state index contributed by atoms with van der Waals surface area (Å²) in [5.74, 6) is 1.45. The number of imidazole rings is 1. The SMILES string of the molecule is Cn1cncc1[C@@H]1C[C@@H](NC(=O)NC(C2CC2)C2CC2)CCO1. The first-order valence-electron chi connectivity index (χ1n) is 8.85. The van der Waals surface area contributed by atoms with Crippen molar-refractivity contribution >= 4 is 6.03 Å². The number of hydrogen-bond acceptors (Lipinski definition) is 3. The van der Waals surface area contributed by atoms with E-state index in [4.69, 9.17) is 4.74 Å². The quantitative estimate of drug-likeness (QED) is 0.874. The summed E-state index contributed by atoms with van der Waals surface area (Å²) < 4.78 is 7.85. The number of aromatic nitrogens is 2. The van der Waals surface area contributed by atoms with Gasteiger partial charge in [-0.15, -0.1) is 0 Å². The minimum absolute atomic E-state index is 0.00413. The molecule has 2 atom stereocenters. The predicted molar refractivity (Wildman–Crippen MR) is 85.8 cm³/mol. The van der Waals surface area contributed by atoms with E-state index in [2.05, 4.69) is 15.6 Å². The smallest absolute Gasteiger partial charge is 0.315 e. The summed E-state index contributed by atoms with van der Waals surface area (Å²) in [5, 5.41) is 6.41. The second kappa shape index (κ2) is 6.15. The summed E-state index contributed by atoms with van der Waals surface area (Å²) in [5.41, 5.74) is 1.07. The van der Waals surface area contributed by atoms with Gasteiger partial charge < -0.3 is 19.9 Å². The fraction of sp³-hybridized carbons (Fsp3) is 0.765. The zero-order valence-electron chi connectivity index (χ0n) is 13.7. The van der Waals surface area contributed by atoms with Gasteiger partial charge in [-0.2, -0.15) is 0 Å². The van der Waals surface area contributed by atoms with E-state index in [1.165, 1.54) is 25.7 Å². The Bertz CT molecular complexity index is 553. The number of urea groups is 1. The molecule has 3 fully saturated rings. The normalized spacial score (nSPS) is 27.9. The summed E-state index contributed by atoms with van der Waals surface area (Å²) >= 11 is 0. The molecule has 4 rings (SSSR count). The molecule has 1 aromatic rings. The molecule has 1 saturated heterocycles. The molecule has 23 heavy (non-hydrogen) atoms. The van der Waals surface area contributed by atoms with Crippen LogP contribution < -0.4 is 10.6 Å². The summed E-state index contributed by atoms with van der Waals surface area (Å²) in [7, 11) is 1.98. The van der Waals surface area contributed by atoms with E-state index in [-0.39, 0.29) is 18.2 Å². The fourth-order valence-electron chi connectivity index (χ4n) is 3.72. The van der Waals surface area contributed by atoms with E-state index >= 15 is 0 Å². The van der Waals surface area contributed by atoms with Gasteiger partial charge in [0.2, 0.25) is 0 Å². The number of carbonyl (C=O) groups is 1. The molecule has 2 amide bonds. The van der Waals surface area contributed by atoms with Gasteiger partial charge in [-0.05, 0) is 50.4 Å². The first-order chi connectivity index (χ1) is 11.2. The number of ether oxygens (including phenoxy) is 1. The van der Waals surface area contributed by atoms with Crippen molar-refractivity contribution in [2.24, 2.45) is 18.9 Å². The van der Waals surface area contributed by atoms with Crippen LogP contribution in [0.2, 0.25) is 0 Å². The third-order valence-corrected chi connectivity index (χ3v) is 5.36. The van der Waals surface area contributed by atoms with Crippen molar-refractivity contribution in [3.8, 4) is 0 Å². The monoisotopic (exact) mass is 318 g/mol. The molecule has 2 saturated carbocycles. The van der Waals surface area contributed by atoms with Crippen LogP contribution in [0.5, 0.6) is 0 Å². The molecule has 126 valence electrons. The van der Waals surface area contributed by atoms with Gasteiger partial charge in [0.15, 0.2) is 0 Å². The van der Waals surface area contributed by atoms with Crippen LogP contribution in [0.25, 0.3) is 0 Å². The van der Waals surface area contributed by atoms with Gasteiger partial charge in [-0.25, -0.2) is 9.78 Å². The molecule has 0 unspecified atom stereocenters. The van der Waals surface area contributed by atoms with Gasteiger partial charge in [0, 0.05) is 25.7 Å². The van der Waals surface area contributed by atoms with Crippen LogP contribution in [0.15, 0.2) is 12.5 Å². The van der Waals surface area contributed by atoms with Gasteiger partial charge in [0.25, 0.3) is 0 Å². The highest BCUT2D eigenvalue weighted by Gasteiger charge is 2.42. The lowest BCUT2D eigenvalue weighted by Gasteiger charge is -2.31. The van der Waals surface area contributed by atoms with Crippen molar-refractivity contribution in [2.45, 2.75) is 56.7 Å². The van der Waals surface area contributed by atoms with Crippen LogP contribution in [0.4, 0.5) is 4.79 Å². The molecule has 0 radical (unpaired) electrons. The van der Waals surface area contributed by atoms with E-state index in [1.54, 1.807) is 6.33 Å². The Morgan fingerprint density at radius 2 is 2.04 bits per heavy atom. The molecule has 3 aliphatic rings. The molecular weight excluding hydrogens is 292 g/mol. The van der Waals surface area contributed by atoms with E-state index < -0.39 is 0 Å². The van der Waals surface area contributed by atoms with E-state index in [0.29, 0.717) is 12.6 Å². The van der Waals surface area contributed by atoms with E-state index in [0.717, 1.165) is 30.4 Å². The maximum Gasteiger partial charge on any atom is 0.315 e. The van der Waals surface area contributed by atoms with Crippen molar-refractivity contribution in [1.29, 1.82) is 0 Å². The summed E-state index contributed by atoms with van der Waals surface area (Å²) in [4.78, 5) is 16.5. The summed E-state index contributed by atoms with van der Waals surface area (Å²) in [6, 6.07) is 0.579. The topological polar surface area (TPSA) is 68.2 Å². The van der Waals surface area contributed by atoms with Crippen molar-refractivity contribution < 1.29 is 9.53 Å². The Balaban J connectivity index is 1.31. The van der Waals surface area contributed by atoms with Gasteiger partial charge in [0.05, 0.1) is 18.2 Å². The zero-order valence-corrected chi connectivity index (χ0v) is 13.7. The molecule has 2 aliphatic carbocycles. The number of aryl methyl sites for hydroxylation is 1. The van der Waals surface area contributed by atoms with E-state index in [1.807, 2.05) is 17.8 Å². The highest BCUT2D eigenvalue weighted by atomic mass is 16.5. The minimum atomic E-state index is 0.00413. The Labute approximate surface area is 137 Å². The average molecular weight is 318 g/mol. The third kappa shape index (κ3) is 3.52. The standard InChI is InChI=1S/C17H26N4O2/c1-21-10-18-9-14(21)15-8-13(6-7-23-15)19-17(22)20-16(11-2-3-11)12-4-5-12/h9-13,15-16H,2-8H2,1H3,(H2,19,20,22)/t13-,15-/m0/s1. The predicted octanol–water partition coefficient (Wildman–Crippen LogP) is 2.13. The van der Waals surface area contributed by atoms with Crippen LogP contribution in [-0.4, -0.2) is 34.3 Å². The second-order valence-electron chi connectivity index (χ2n) is 7.33. The number of nitrogens with one attached hydrogen (secondary N) is 2. The van der Waals surface area contributed by atoms with E-state index in [9.17, 15) is 4.79 Å². The third-order valence-electron chi connectivity index (χ3n) is 5.36. The van der Waals surface area contributed by atoms with Crippen LogP contribution in [-0.2, 0) is 11.8 Å². The molecule has 0 bridgehead atoms. The highest BCUT2D eigenvalue weighted by molar-refractivity contribution is 5.74. The van der Waals surface area contributed by atoms with Gasteiger partial charge in [0.1, 0.15) is 6.10 Å². The molecule has 0 aromatic carbocycles. The summed E-state index contributed by atoms with van der Waals surface area (Å²) in [6.07, 6.45) is 10.5. The first kappa shape index (κ1) is 15.0.